The maximum Gasteiger partial charge on any atom is 0.0726 e. The van der Waals surface area contributed by atoms with E-state index in [0.29, 0.717) is 12.1 Å². The van der Waals surface area contributed by atoms with E-state index in [1.54, 1.807) is 0 Å². The molecule has 1 saturated heterocycles. The molecule has 1 aromatic rings. The molecular formula is C17H27NO. The van der Waals surface area contributed by atoms with Crippen LogP contribution in [-0.2, 0) is 17.7 Å². The van der Waals surface area contributed by atoms with Crippen molar-refractivity contribution >= 4 is 0 Å². The lowest BCUT2D eigenvalue weighted by Gasteiger charge is -2.20. The average Bonchev–Trinajstić information content (AvgIpc) is 2.91. The molecular weight excluding hydrogens is 234 g/mol. The van der Waals surface area contributed by atoms with Crippen LogP contribution in [0.25, 0.3) is 0 Å². The van der Waals surface area contributed by atoms with Crippen LogP contribution in [0.5, 0.6) is 0 Å². The van der Waals surface area contributed by atoms with Crippen LogP contribution in [0.3, 0.4) is 0 Å². The predicted octanol–water partition coefficient (Wildman–Crippen LogP) is 3.54. The molecule has 1 fully saturated rings. The van der Waals surface area contributed by atoms with Gasteiger partial charge in [0.1, 0.15) is 0 Å². The van der Waals surface area contributed by atoms with Crippen molar-refractivity contribution in [3.63, 3.8) is 0 Å². The quantitative estimate of drug-likeness (QED) is 0.845. The monoisotopic (exact) mass is 261 g/mol. The van der Waals surface area contributed by atoms with E-state index >= 15 is 0 Å². The molecule has 19 heavy (non-hydrogen) atoms. The van der Waals surface area contributed by atoms with Gasteiger partial charge in [-0.05, 0) is 43.2 Å². The van der Waals surface area contributed by atoms with Crippen molar-refractivity contribution in [2.75, 3.05) is 6.61 Å². The van der Waals surface area contributed by atoms with Crippen molar-refractivity contribution in [3.05, 3.63) is 35.4 Å². The van der Waals surface area contributed by atoms with Crippen LogP contribution in [0.1, 0.15) is 44.7 Å². The molecule has 0 aromatic heterocycles. The molecule has 2 heteroatoms. The average molecular weight is 261 g/mol. The molecule has 1 N–H and O–H groups in total. The maximum absolute atomic E-state index is 5.70. The first-order valence-electron chi connectivity index (χ1n) is 7.58. The lowest BCUT2D eigenvalue weighted by atomic mass is 10.0. The zero-order valence-electron chi connectivity index (χ0n) is 12.5. The summed E-state index contributed by atoms with van der Waals surface area (Å²) in [6, 6.07) is 9.44. The van der Waals surface area contributed by atoms with Gasteiger partial charge in [-0.25, -0.2) is 0 Å². The Labute approximate surface area is 117 Å². The van der Waals surface area contributed by atoms with Crippen LogP contribution in [-0.4, -0.2) is 18.8 Å². The predicted molar refractivity (Wildman–Crippen MR) is 80.3 cm³/mol. The van der Waals surface area contributed by atoms with Gasteiger partial charge in [0.15, 0.2) is 0 Å². The summed E-state index contributed by atoms with van der Waals surface area (Å²) in [5.41, 5.74) is 2.79. The molecule has 1 aromatic carbocycles. The minimum atomic E-state index is 0.403. The Bertz CT molecular complexity index is 365. The molecule has 0 radical (unpaired) electrons. The fourth-order valence-corrected chi connectivity index (χ4v) is 2.67. The number of hydrogen-bond donors (Lipinski definition) is 1. The summed E-state index contributed by atoms with van der Waals surface area (Å²) < 4.78 is 5.70. The van der Waals surface area contributed by atoms with Crippen molar-refractivity contribution in [1.29, 1.82) is 0 Å². The second-order valence-corrected chi connectivity index (χ2v) is 6.14. The van der Waals surface area contributed by atoms with Crippen LogP contribution >= 0.6 is 0 Å². The van der Waals surface area contributed by atoms with E-state index in [-0.39, 0.29) is 0 Å². The van der Waals surface area contributed by atoms with Gasteiger partial charge in [0.05, 0.1) is 6.10 Å². The molecule has 0 amide bonds. The lowest BCUT2D eigenvalue weighted by Crippen LogP contribution is -2.36. The van der Waals surface area contributed by atoms with E-state index in [4.69, 9.17) is 4.74 Å². The first-order chi connectivity index (χ1) is 9.15. The third-order valence-electron chi connectivity index (χ3n) is 3.82. The van der Waals surface area contributed by atoms with Crippen LogP contribution in [0, 0.1) is 5.92 Å². The molecule has 2 atom stereocenters. The summed E-state index contributed by atoms with van der Waals surface area (Å²) in [6.07, 6.45) is 3.97. The Hall–Kier alpha value is -0.860. The third-order valence-corrected chi connectivity index (χ3v) is 3.82. The van der Waals surface area contributed by atoms with E-state index < -0.39 is 0 Å². The van der Waals surface area contributed by atoms with Crippen molar-refractivity contribution in [2.45, 2.75) is 58.7 Å². The Kier molecular flexibility index (Phi) is 5.41. The Balaban J connectivity index is 1.79. The third kappa shape index (κ3) is 4.63. The number of benzene rings is 1. The van der Waals surface area contributed by atoms with Crippen molar-refractivity contribution in [1.82, 2.24) is 5.32 Å². The molecule has 1 heterocycles. The first kappa shape index (κ1) is 14.5. The second-order valence-electron chi connectivity index (χ2n) is 6.14. The second kappa shape index (κ2) is 7.06. The van der Waals surface area contributed by atoms with E-state index in [1.165, 1.54) is 30.4 Å². The molecule has 1 aliphatic rings. The molecule has 2 unspecified atom stereocenters. The molecule has 0 aliphatic carbocycles. The molecule has 2 nitrogen and oxygen atoms in total. The zero-order valence-corrected chi connectivity index (χ0v) is 12.5. The van der Waals surface area contributed by atoms with Gasteiger partial charge in [-0.1, -0.05) is 38.1 Å². The van der Waals surface area contributed by atoms with E-state index in [2.05, 4.69) is 50.4 Å². The molecule has 0 spiro atoms. The summed E-state index contributed by atoms with van der Waals surface area (Å²) >= 11 is 0. The highest BCUT2D eigenvalue weighted by Gasteiger charge is 2.21. The summed E-state index contributed by atoms with van der Waals surface area (Å²) in [5.74, 6) is 0.725. The molecule has 1 aliphatic heterocycles. The maximum atomic E-state index is 5.70. The van der Waals surface area contributed by atoms with Crippen LogP contribution < -0.4 is 5.32 Å². The SMILES string of the molecule is CC(C)Cc1ccc(CNC(C)C2CCCO2)cc1. The van der Waals surface area contributed by atoms with Gasteiger partial charge in [-0.15, -0.1) is 0 Å². The van der Waals surface area contributed by atoms with E-state index in [9.17, 15) is 0 Å². The lowest BCUT2D eigenvalue weighted by molar-refractivity contribution is 0.0832. The Morgan fingerprint density at radius 2 is 1.84 bits per heavy atom. The van der Waals surface area contributed by atoms with Gasteiger partial charge < -0.3 is 10.1 Å². The van der Waals surface area contributed by atoms with E-state index in [1.807, 2.05) is 0 Å². The highest BCUT2D eigenvalue weighted by atomic mass is 16.5. The fraction of sp³-hybridized carbons (Fsp3) is 0.647. The number of nitrogens with one attached hydrogen (secondary N) is 1. The number of rotatable bonds is 6. The Morgan fingerprint density at radius 1 is 1.16 bits per heavy atom. The largest absolute Gasteiger partial charge is 0.377 e. The first-order valence-corrected chi connectivity index (χ1v) is 7.58. The van der Waals surface area contributed by atoms with Gasteiger partial charge in [0, 0.05) is 19.2 Å². The minimum Gasteiger partial charge on any atom is -0.377 e. The fourth-order valence-electron chi connectivity index (χ4n) is 2.67. The standard InChI is InChI=1S/C17H27NO/c1-13(2)11-15-6-8-16(9-7-15)12-18-14(3)17-5-4-10-19-17/h6-9,13-14,17-18H,4-5,10-12H2,1-3H3. The van der Waals surface area contributed by atoms with Crippen LogP contribution in [0.4, 0.5) is 0 Å². The highest BCUT2D eigenvalue weighted by molar-refractivity contribution is 5.22. The van der Waals surface area contributed by atoms with Crippen molar-refractivity contribution in [3.8, 4) is 0 Å². The van der Waals surface area contributed by atoms with Gasteiger partial charge in [0.2, 0.25) is 0 Å². The zero-order chi connectivity index (χ0) is 13.7. The van der Waals surface area contributed by atoms with Gasteiger partial charge in [-0.2, -0.15) is 0 Å². The molecule has 0 bridgehead atoms. The summed E-state index contributed by atoms with van der Waals surface area (Å²) in [4.78, 5) is 0. The molecule has 2 rings (SSSR count). The minimum absolute atomic E-state index is 0.403. The topological polar surface area (TPSA) is 21.3 Å². The summed E-state index contributed by atoms with van der Waals surface area (Å²) in [6.45, 7) is 8.62. The van der Waals surface area contributed by atoms with E-state index in [0.717, 1.165) is 19.1 Å². The smallest absolute Gasteiger partial charge is 0.0726 e. The van der Waals surface area contributed by atoms with Crippen molar-refractivity contribution in [2.24, 2.45) is 5.92 Å². The summed E-state index contributed by atoms with van der Waals surface area (Å²) in [7, 11) is 0. The Morgan fingerprint density at radius 3 is 2.42 bits per heavy atom. The molecule has 106 valence electrons. The van der Waals surface area contributed by atoms with Crippen LogP contribution in [0.2, 0.25) is 0 Å². The van der Waals surface area contributed by atoms with Crippen molar-refractivity contribution < 1.29 is 4.74 Å². The van der Waals surface area contributed by atoms with Gasteiger partial charge >= 0.3 is 0 Å². The normalized spacial score (nSPS) is 20.9. The number of ether oxygens (including phenoxy) is 1. The molecule has 0 saturated carbocycles. The van der Waals surface area contributed by atoms with Crippen LogP contribution in [0.15, 0.2) is 24.3 Å². The summed E-state index contributed by atoms with van der Waals surface area (Å²) in [5, 5.41) is 3.58. The number of hydrogen-bond acceptors (Lipinski definition) is 2. The van der Waals surface area contributed by atoms with Gasteiger partial charge in [0.25, 0.3) is 0 Å². The highest BCUT2D eigenvalue weighted by Crippen LogP contribution is 2.16. The van der Waals surface area contributed by atoms with Gasteiger partial charge in [-0.3, -0.25) is 0 Å².